The van der Waals surface area contributed by atoms with Crippen LogP contribution in [-0.2, 0) is 0 Å². The molecule has 0 aliphatic heterocycles. The van der Waals surface area contributed by atoms with Crippen LogP contribution in [0.25, 0.3) is 11.4 Å². The van der Waals surface area contributed by atoms with Crippen LogP contribution in [0.2, 0.25) is 0 Å². The molecule has 116 valence electrons. The first-order chi connectivity index (χ1) is 10.7. The van der Waals surface area contributed by atoms with Gasteiger partial charge < -0.3 is 14.9 Å². The van der Waals surface area contributed by atoms with Crippen molar-refractivity contribution in [1.29, 1.82) is 0 Å². The summed E-state index contributed by atoms with van der Waals surface area (Å²) in [6.45, 7) is 2.36. The Labute approximate surface area is 128 Å². The molecule has 0 saturated heterocycles. The second-order valence-electron chi connectivity index (χ2n) is 5.81. The maximum atomic E-state index is 12.1. The van der Waals surface area contributed by atoms with Crippen LogP contribution in [0.1, 0.15) is 41.9 Å². The number of carbonyl (C=O) groups excluding carboxylic acids is 1. The number of aliphatic hydroxyl groups is 1. The second-order valence-corrected chi connectivity index (χ2v) is 5.81. The minimum absolute atomic E-state index is 0.0328. The van der Waals surface area contributed by atoms with Crippen LogP contribution in [0.3, 0.4) is 0 Å². The number of aromatic nitrogens is 2. The third-order valence-corrected chi connectivity index (χ3v) is 3.67. The van der Waals surface area contributed by atoms with E-state index in [0.29, 0.717) is 29.7 Å². The summed E-state index contributed by atoms with van der Waals surface area (Å²) in [4.78, 5) is 16.5. The Balaban J connectivity index is 1.72. The summed E-state index contributed by atoms with van der Waals surface area (Å²) in [7, 11) is 0. The van der Waals surface area contributed by atoms with Crippen molar-refractivity contribution >= 4 is 5.91 Å². The number of hydrogen-bond acceptors (Lipinski definition) is 5. The van der Waals surface area contributed by atoms with Gasteiger partial charge in [-0.25, -0.2) is 0 Å². The number of amides is 1. The molecule has 1 aliphatic carbocycles. The van der Waals surface area contributed by atoms with Crippen molar-refractivity contribution in [1.82, 2.24) is 15.5 Å². The number of benzene rings is 1. The molecule has 1 amide bonds. The van der Waals surface area contributed by atoms with Crippen LogP contribution in [0, 0.1) is 5.92 Å². The summed E-state index contributed by atoms with van der Waals surface area (Å²) in [6, 6.07) is 7.15. The van der Waals surface area contributed by atoms with Gasteiger partial charge in [-0.3, -0.25) is 4.79 Å². The molecule has 1 atom stereocenters. The van der Waals surface area contributed by atoms with Crippen molar-refractivity contribution in [3.63, 3.8) is 0 Å². The molecular weight excluding hydrogens is 282 g/mol. The first-order valence-corrected chi connectivity index (χ1v) is 7.50. The van der Waals surface area contributed by atoms with Crippen LogP contribution < -0.4 is 5.32 Å². The molecule has 3 rings (SSSR count). The van der Waals surface area contributed by atoms with Gasteiger partial charge in [0.2, 0.25) is 11.7 Å². The smallest absolute Gasteiger partial charge is 0.251 e. The summed E-state index contributed by atoms with van der Waals surface area (Å²) in [6.07, 6.45) is 2.21. The van der Waals surface area contributed by atoms with Gasteiger partial charge in [-0.15, -0.1) is 0 Å². The van der Waals surface area contributed by atoms with E-state index in [4.69, 9.17) is 9.63 Å². The summed E-state index contributed by atoms with van der Waals surface area (Å²) < 4.78 is 5.25. The Morgan fingerprint density at radius 3 is 3.05 bits per heavy atom. The molecule has 22 heavy (non-hydrogen) atoms. The minimum Gasteiger partial charge on any atom is -0.396 e. The molecule has 0 radical (unpaired) electrons. The van der Waals surface area contributed by atoms with E-state index < -0.39 is 0 Å². The van der Waals surface area contributed by atoms with Crippen molar-refractivity contribution in [2.75, 3.05) is 13.2 Å². The Hall–Kier alpha value is -2.21. The summed E-state index contributed by atoms with van der Waals surface area (Å²) in [5.41, 5.74) is 1.30. The van der Waals surface area contributed by atoms with Gasteiger partial charge in [0, 0.05) is 30.2 Å². The molecule has 1 unspecified atom stereocenters. The first kappa shape index (κ1) is 14.7. The van der Waals surface area contributed by atoms with Gasteiger partial charge in [0.15, 0.2) is 0 Å². The normalized spacial score (nSPS) is 15.5. The van der Waals surface area contributed by atoms with E-state index in [9.17, 15) is 4.79 Å². The summed E-state index contributed by atoms with van der Waals surface area (Å²) in [5.74, 6) is 1.47. The maximum Gasteiger partial charge on any atom is 0.251 e. The van der Waals surface area contributed by atoms with Gasteiger partial charge in [-0.05, 0) is 30.9 Å². The predicted octanol–water partition coefficient (Wildman–Crippen LogP) is 1.97. The van der Waals surface area contributed by atoms with Crippen molar-refractivity contribution in [2.45, 2.75) is 25.7 Å². The van der Waals surface area contributed by atoms with E-state index in [1.54, 1.807) is 18.2 Å². The number of carbonyl (C=O) groups is 1. The van der Waals surface area contributed by atoms with Crippen LogP contribution in [-0.4, -0.2) is 34.3 Å². The Morgan fingerprint density at radius 2 is 2.32 bits per heavy atom. The third kappa shape index (κ3) is 3.33. The zero-order valence-corrected chi connectivity index (χ0v) is 12.5. The molecule has 2 N–H and O–H groups in total. The van der Waals surface area contributed by atoms with Crippen molar-refractivity contribution < 1.29 is 14.4 Å². The predicted molar refractivity (Wildman–Crippen MR) is 80.3 cm³/mol. The lowest BCUT2D eigenvalue weighted by atomic mass is 10.1. The van der Waals surface area contributed by atoms with Crippen LogP contribution in [0.4, 0.5) is 0 Å². The molecule has 1 aromatic carbocycles. The topological polar surface area (TPSA) is 88.2 Å². The quantitative estimate of drug-likeness (QED) is 0.851. The Kier molecular flexibility index (Phi) is 4.20. The number of aliphatic hydroxyl groups excluding tert-OH is 1. The van der Waals surface area contributed by atoms with E-state index >= 15 is 0 Å². The van der Waals surface area contributed by atoms with Gasteiger partial charge in [0.05, 0.1) is 0 Å². The molecular formula is C16H19N3O3. The highest BCUT2D eigenvalue weighted by molar-refractivity contribution is 5.95. The molecule has 6 heteroatoms. The first-order valence-electron chi connectivity index (χ1n) is 7.50. The number of nitrogens with zero attached hydrogens (tertiary/aromatic N) is 2. The fraction of sp³-hybridized carbons (Fsp3) is 0.438. The molecule has 0 spiro atoms. The van der Waals surface area contributed by atoms with Crippen molar-refractivity contribution in [3.05, 3.63) is 35.7 Å². The lowest BCUT2D eigenvalue weighted by Gasteiger charge is -2.09. The van der Waals surface area contributed by atoms with Crippen LogP contribution in [0.5, 0.6) is 0 Å². The SMILES string of the molecule is CC(CO)CNC(=O)c1cccc(-c2noc(C3CC3)n2)c1. The highest BCUT2D eigenvalue weighted by Crippen LogP contribution is 2.39. The second kappa shape index (κ2) is 6.27. The van der Waals surface area contributed by atoms with Crippen molar-refractivity contribution in [2.24, 2.45) is 5.92 Å². The molecule has 0 bridgehead atoms. The van der Waals surface area contributed by atoms with E-state index in [-0.39, 0.29) is 18.4 Å². The van der Waals surface area contributed by atoms with Gasteiger partial charge >= 0.3 is 0 Å². The zero-order chi connectivity index (χ0) is 15.5. The van der Waals surface area contributed by atoms with E-state index in [1.807, 2.05) is 13.0 Å². The van der Waals surface area contributed by atoms with E-state index in [2.05, 4.69) is 15.5 Å². The largest absolute Gasteiger partial charge is 0.396 e. The molecule has 1 saturated carbocycles. The zero-order valence-electron chi connectivity index (χ0n) is 12.5. The van der Waals surface area contributed by atoms with Gasteiger partial charge in [0.1, 0.15) is 0 Å². The molecule has 1 heterocycles. The van der Waals surface area contributed by atoms with Crippen LogP contribution >= 0.6 is 0 Å². The molecule has 6 nitrogen and oxygen atoms in total. The highest BCUT2D eigenvalue weighted by Gasteiger charge is 2.29. The van der Waals surface area contributed by atoms with Gasteiger partial charge in [0.25, 0.3) is 5.91 Å². The van der Waals surface area contributed by atoms with Crippen molar-refractivity contribution in [3.8, 4) is 11.4 Å². The average Bonchev–Trinajstić information content (AvgIpc) is 3.29. The molecule has 2 aromatic rings. The average molecular weight is 301 g/mol. The number of rotatable bonds is 6. The molecule has 1 aromatic heterocycles. The standard InChI is InChI=1S/C16H19N3O3/c1-10(9-20)8-17-15(21)13-4-2-3-12(7-13)14-18-16(22-19-14)11-5-6-11/h2-4,7,10-11,20H,5-6,8-9H2,1H3,(H,17,21). The summed E-state index contributed by atoms with van der Waals surface area (Å²) >= 11 is 0. The fourth-order valence-corrected chi connectivity index (χ4v) is 2.08. The number of nitrogens with one attached hydrogen (secondary N) is 1. The molecule has 1 aliphatic rings. The lowest BCUT2D eigenvalue weighted by Crippen LogP contribution is -2.29. The highest BCUT2D eigenvalue weighted by atomic mass is 16.5. The monoisotopic (exact) mass is 301 g/mol. The van der Waals surface area contributed by atoms with Gasteiger partial charge in [-0.2, -0.15) is 4.98 Å². The fourth-order valence-electron chi connectivity index (χ4n) is 2.08. The van der Waals surface area contributed by atoms with E-state index in [1.165, 1.54) is 0 Å². The van der Waals surface area contributed by atoms with Gasteiger partial charge in [-0.1, -0.05) is 24.2 Å². The number of hydrogen-bond donors (Lipinski definition) is 2. The van der Waals surface area contributed by atoms with E-state index in [0.717, 1.165) is 18.4 Å². The maximum absolute atomic E-state index is 12.1. The third-order valence-electron chi connectivity index (χ3n) is 3.67. The minimum atomic E-state index is -0.173. The Bertz CT molecular complexity index is 664. The van der Waals surface area contributed by atoms with Crippen LogP contribution in [0.15, 0.2) is 28.8 Å². The summed E-state index contributed by atoms with van der Waals surface area (Å²) in [5, 5.41) is 15.8. The Morgan fingerprint density at radius 1 is 1.50 bits per heavy atom. The lowest BCUT2D eigenvalue weighted by molar-refractivity contribution is 0.0942. The molecule has 1 fully saturated rings.